The van der Waals surface area contributed by atoms with Gasteiger partial charge in [0.05, 0.1) is 17.3 Å². The van der Waals surface area contributed by atoms with E-state index in [1.54, 1.807) is 0 Å². The summed E-state index contributed by atoms with van der Waals surface area (Å²) in [6.07, 6.45) is 2.17. The maximum Gasteiger partial charge on any atom is 0.263 e. The summed E-state index contributed by atoms with van der Waals surface area (Å²) in [5.74, 6) is -0.147. The SMILES string of the molecule is Cc1ccc2cc3c(N)c(C(=O)NC[C@@H]4CCCO4)sc3nc2c1. The van der Waals surface area contributed by atoms with Crippen LogP contribution in [0.3, 0.4) is 0 Å². The van der Waals surface area contributed by atoms with Crippen LogP contribution in [0.5, 0.6) is 0 Å². The molecule has 3 heterocycles. The Kier molecular flexibility index (Phi) is 3.86. The Labute approximate surface area is 143 Å². The molecule has 24 heavy (non-hydrogen) atoms. The highest BCUT2D eigenvalue weighted by Gasteiger charge is 2.20. The minimum Gasteiger partial charge on any atom is -0.397 e. The number of benzene rings is 1. The van der Waals surface area contributed by atoms with Crippen LogP contribution in [0, 0.1) is 6.92 Å². The van der Waals surface area contributed by atoms with E-state index in [9.17, 15) is 4.79 Å². The zero-order chi connectivity index (χ0) is 16.7. The molecule has 1 atom stereocenters. The number of nitrogens with one attached hydrogen (secondary N) is 1. The van der Waals surface area contributed by atoms with Gasteiger partial charge in [-0.15, -0.1) is 11.3 Å². The van der Waals surface area contributed by atoms with Crippen LogP contribution in [0.1, 0.15) is 28.1 Å². The second-order valence-electron chi connectivity index (χ2n) is 6.23. The van der Waals surface area contributed by atoms with E-state index >= 15 is 0 Å². The van der Waals surface area contributed by atoms with Crippen LogP contribution >= 0.6 is 11.3 Å². The van der Waals surface area contributed by atoms with Crippen molar-refractivity contribution in [3.8, 4) is 0 Å². The third kappa shape index (κ3) is 2.72. The molecule has 1 aliphatic heterocycles. The lowest BCUT2D eigenvalue weighted by Crippen LogP contribution is -2.31. The lowest BCUT2D eigenvalue weighted by Gasteiger charge is -2.10. The van der Waals surface area contributed by atoms with Crippen LogP contribution in [0.2, 0.25) is 0 Å². The van der Waals surface area contributed by atoms with Crippen molar-refractivity contribution >= 4 is 44.1 Å². The van der Waals surface area contributed by atoms with E-state index < -0.39 is 0 Å². The summed E-state index contributed by atoms with van der Waals surface area (Å²) >= 11 is 1.35. The zero-order valence-electron chi connectivity index (χ0n) is 13.5. The van der Waals surface area contributed by atoms with Crippen molar-refractivity contribution in [3.63, 3.8) is 0 Å². The minimum atomic E-state index is -0.147. The van der Waals surface area contributed by atoms with Crippen LogP contribution in [-0.2, 0) is 4.74 Å². The van der Waals surface area contributed by atoms with Crippen molar-refractivity contribution in [1.29, 1.82) is 0 Å². The number of hydrogen-bond donors (Lipinski definition) is 2. The molecule has 0 bridgehead atoms. The number of anilines is 1. The van der Waals surface area contributed by atoms with Gasteiger partial charge in [0.2, 0.25) is 0 Å². The molecular weight excluding hydrogens is 322 g/mol. The Balaban J connectivity index is 1.66. The standard InChI is InChI=1S/C18H19N3O2S/c1-10-4-5-11-8-13-15(19)16(24-18(13)21-14(11)7-10)17(22)20-9-12-3-2-6-23-12/h4-5,7-8,12H,2-3,6,9,19H2,1H3,(H,20,22)/t12-/m0/s1. The first-order valence-electron chi connectivity index (χ1n) is 8.11. The van der Waals surface area contributed by atoms with E-state index in [-0.39, 0.29) is 12.0 Å². The first-order chi connectivity index (χ1) is 11.6. The molecule has 4 rings (SSSR count). The number of aromatic nitrogens is 1. The topological polar surface area (TPSA) is 77.2 Å². The largest absolute Gasteiger partial charge is 0.397 e. The van der Waals surface area contributed by atoms with Gasteiger partial charge < -0.3 is 15.8 Å². The number of rotatable bonds is 3. The normalized spacial score (nSPS) is 17.6. The highest BCUT2D eigenvalue weighted by molar-refractivity contribution is 7.21. The summed E-state index contributed by atoms with van der Waals surface area (Å²) in [6.45, 7) is 3.35. The number of ether oxygens (including phenoxy) is 1. The number of fused-ring (bicyclic) bond motifs is 2. The molecule has 3 aromatic rings. The van der Waals surface area contributed by atoms with Crippen molar-refractivity contribution in [1.82, 2.24) is 10.3 Å². The van der Waals surface area contributed by atoms with Crippen molar-refractivity contribution in [2.24, 2.45) is 0 Å². The Hall–Kier alpha value is -2.18. The monoisotopic (exact) mass is 341 g/mol. The number of carbonyl (C=O) groups is 1. The number of hydrogen-bond acceptors (Lipinski definition) is 5. The number of carbonyl (C=O) groups excluding carboxylic acids is 1. The summed E-state index contributed by atoms with van der Waals surface area (Å²) in [5.41, 5.74) is 8.82. The van der Waals surface area contributed by atoms with Gasteiger partial charge in [0.25, 0.3) is 5.91 Å². The van der Waals surface area contributed by atoms with Crippen molar-refractivity contribution in [2.75, 3.05) is 18.9 Å². The summed E-state index contributed by atoms with van der Waals surface area (Å²) in [7, 11) is 0. The predicted molar refractivity (Wildman–Crippen MR) is 97.6 cm³/mol. The van der Waals surface area contributed by atoms with Gasteiger partial charge >= 0.3 is 0 Å². The highest BCUT2D eigenvalue weighted by Crippen LogP contribution is 2.34. The lowest BCUT2D eigenvalue weighted by atomic mass is 10.1. The molecule has 0 unspecified atom stereocenters. The number of amides is 1. The number of nitrogen functional groups attached to an aromatic ring is 1. The number of pyridine rings is 1. The molecule has 2 aromatic heterocycles. The van der Waals surface area contributed by atoms with E-state index in [1.165, 1.54) is 11.3 Å². The van der Waals surface area contributed by atoms with Gasteiger partial charge in [-0.3, -0.25) is 4.79 Å². The zero-order valence-corrected chi connectivity index (χ0v) is 14.3. The number of aryl methyl sites for hydroxylation is 1. The van der Waals surface area contributed by atoms with Gasteiger partial charge in [0.15, 0.2) is 0 Å². The van der Waals surface area contributed by atoms with Crippen LogP contribution in [-0.4, -0.2) is 30.1 Å². The maximum atomic E-state index is 12.5. The molecule has 6 heteroatoms. The fraction of sp³-hybridized carbons (Fsp3) is 0.333. The average molecular weight is 341 g/mol. The van der Waals surface area contributed by atoms with E-state index in [4.69, 9.17) is 10.5 Å². The molecule has 0 saturated carbocycles. The molecule has 1 saturated heterocycles. The smallest absolute Gasteiger partial charge is 0.263 e. The minimum absolute atomic E-state index is 0.119. The van der Waals surface area contributed by atoms with Gasteiger partial charge in [-0.2, -0.15) is 0 Å². The van der Waals surface area contributed by atoms with Crippen LogP contribution in [0.4, 0.5) is 5.69 Å². The molecular formula is C18H19N3O2S. The van der Waals surface area contributed by atoms with Crippen molar-refractivity contribution in [2.45, 2.75) is 25.9 Å². The molecule has 124 valence electrons. The van der Waals surface area contributed by atoms with Gasteiger partial charge in [0, 0.05) is 23.9 Å². The molecule has 5 nitrogen and oxygen atoms in total. The van der Waals surface area contributed by atoms with E-state index in [2.05, 4.69) is 10.3 Å². The second kappa shape index (κ2) is 6.03. The number of nitrogens with zero attached hydrogens (tertiary/aromatic N) is 1. The fourth-order valence-electron chi connectivity index (χ4n) is 3.06. The second-order valence-corrected chi connectivity index (χ2v) is 7.23. The quantitative estimate of drug-likeness (QED) is 0.766. The lowest BCUT2D eigenvalue weighted by molar-refractivity contribution is 0.0862. The van der Waals surface area contributed by atoms with Crippen LogP contribution in [0.25, 0.3) is 21.1 Å². The Bertz CT molecular complexity index is 929. The van der Waals surface area contributed by atoms with Gasteiger partial charge in [-0.25, -0.2) is 4.98 Å². The predicted octanol–water partition coefficient (Wildman–Crippen LogP) is 3.25. The van der Waals surface area contributed by atoms with Gasteiger partial charge in [-0.05, 0) is 37.5 Å². The fourth-order valence-corrected chi connectivity index (χ4v) is 4.07. The van der Waals surface area contributed by atoms with Crippen LogP contribution in [0.15, 0.2) is 24.3 Å². The average Bonchev–Trinajstić information content (AvgIpc) is 3.19. The summed E-state index contributed by atoms with van der Waals surface area (Å²) in [5, 5.41) is 4.81. The first-order valence-corrected chi connectivity index (χ1v) is 8.92. The summed E-state index contributed by atoms with van der Waals surface area (Å²) < 4.78 is 5.54. The third-order valence-electron chi connectivity index (χ3n) is 4.39. The van der Waals surface area contributed by atoms with Crippen molar-refractivity contribution < 1.29 is 9.53 Å². The molecule has 1 aliphatic rings. The molecule has 3 N–H and O–H groups in total. The maximum absolute atomic E-state index is 12.5. The van der Waals surface area contributed by atoms with E-state index in [0.717, 1.165) is 46.1 Å². The Morgan fingerprint density at radius 1 is 1.46 bits per heavy atom. The number of nitrogens with two attached hydrogens (primary N) is 1. The van der Waals surface area contributed by atoms with Crippen LogP contribution < -0.4 is 11.1 Å². The van der Waals surface area contributed by atoms with E-state index in [1.807, 2.05) is 31.2 Å². The Morgan fingerprint density at radius 3 is 3.12 bits per heavy atom. The molecule has 0 radical (unpaired) electrons. The van der Waals surface area contributed by atoms with Crippen molar-refractivity contribution in [3.05, 3.63) is 34.7 Å². The summed E-state index contributed by atoms with van der Waals surface area (Å²) in [4.78, 5) is 18.5. The molecule has 0 aliphatic carbocycles. The van der Waals surface area contributed by atoms with Gasteiger partial charge in [0.1, 0.15) is 9.71 Å². The van der Waals surface area contributed by atoms with Gasteiger partial charge in [-0.1, -0.05) is 12.1 Å². The molecule has 0 spiro atoms. The molecule has 1 fully saturated rings. The molecule has 1 aromatic carbocycles. The summed E-state index contributed by atoms with van der Waals surface area (Å²) in [6, 6.07) is 8.14. The Morgan fingerprint density at radius 2 is 2.33 bits per heavy atom. The van der Waals surface area contributed by atoms with E-state index in [0.29, 0.717) is 17.1 Å². The first kappa shape index (κ1) is 15.4. The number of thiophene rings is 1. The molecule has 1 amide bonds. The highest BCUT2D eigenvalue weighted by atomic mass is 32.1. The third-order valence-corrected chi connectivity index (χ3v) is 5.51.